The number of ether oxygens (including phenoxy) is 1. The van der Waals surface area contributed by atoms with E-state index in [9.17, 15) is 14.4 Å². The van der Waals surface area contributed by atoms with E-state index in [2.05, 4.69) is 31.9 Å². The van der Waals surface area contributed by atoms with E-state index >= 15 is 0 Å². The Hall–Kier alpha value is -4.34. The van der Waals surface area contributed by atoms with Gasteiger partial charge >= 0.3 is 0 Å². The van der Waals surface area contributed by atoms with E-state index in [-0.39, 0.29) is 16.9 Å². The number of amides is 3. The number of carbonyl (C=O) groups excluding carboxylic acids is 3. The van der Waals surface area contributed by atoms with Crippen LogP contribution in [0, 0.1) is 0 Å². The first-order valence-corrected chi connectivity index (χ1v) is 14.9. The van der Waals surface area contributed by atoms with Gasteiger partial charge in [0.05, 0.1) is 12.4 Å². The lowest BCUT2D eigenvalue weighted by Crippen LogP contribution is -2.30. The largest absolute Gasteiger partial charge is 0.497 e. The van der Waals surface area contributed by atoms with Crippen LogP contribution in [0.15, 0.2) is 118 Å². The molecule has 0 heterocycles. The van der Waals surface area contributed by atoms with Crippen molar-refractivity contribution in [2.45, 2.75) is 23.5 Å². The van der Waals surface area contributed by atoms with Crippen LogP contribution in [0.25, 0.3) is 6.08 Å². The monoisotopic (exact) mass is 643 g/mol. The minimum absolute atomic E-state index is 0.0653. The van der Waals surface area contributed by atoms with Crippen LogP contribution in [0.3, 0.4) is 0 Å². The van der Waals surface area contributed by atoms with Gasteiger partial charge in [-0.05, 0) is 84.8 Å². The van der Waals surface area contributed by atoms with Gasteiger partial charge in [-0.15, -0.1) is 11.8 Å². The summed E-state index contributed by atoms with van der Waals surface area (Å²) >= 11 is 4.81. The van der Waals surface area contributed by atoms with Crippen LogP contribution in [0.2, 0.25) is 0 Å². The van der Waals surface area contributed by atoms with Crippen LogP contribution in [0.5, 0.6) is 5.75 Å². The molecule has 4 rings (SSSR count). The van der Waals surface area contributed by atoms with Crippen molar-refractivity contribution in [2.75, 3.05) is 17.7 Å². The maximum Gasteiger partial charge on any atom is 0.272 e. The highest BCUT2D eigenvalue weighted by molar-refractivity contribution is 9.10. The van der Waals surface area contributed by atoms with Crippen molar-refractivity contribution in [3.8, 4) is 5.75 Å². The quantitative estimate of drug-likeness (QED) is 0.117. The zero-order valence-corrected chi connectivity index (χ0v) is 25.5. The fraction of sp³-hybridized carbons (Fsp3) is 0.121. The molecule has 0 bridgehead atoms. The number of nitrogens with one attached hydrogen (secondary N) is 3. The molecule has 9 heteroatoms. The predicted octanol–water partition coefficient (Wildman–Crippen LogP) is 7.38. The summed E-state index contributed by atoms with van der Waals surface area (Å²) in [6.07, 6.45) is 2.21. The SMILES string of the molecule is CCC(Sc1cccc(NC(=O)/C(=C/c2cccc(OC)c2)NC(=O)c2ccccc2)c1)C(=O)Nc1ccc(Br)cc1. The third kappa shape index (κ3) is 8.83. The highest BCUT2D eigenvalue weighted by atomic mass is 79.9. The molecule has 3 N–H and O–H groups in total. The average Bonchev–Trinajstić information content (AvgIpc) is 3.01. The number of methoxy groups -OCH3 is 1. The van der Waals surface area contributed by atoms with Crippen molar-refractivity contribution < 1.29 is 19.1 Å². The fourth-order valence-electron chi connectivity index (χ4n) is 3.93. The summed E-state index contributed by atoms with van der Waals surface area (Å²) in [7, 11) is 1.56. The molecule has 0 saturated carbocycles. The number of anilines is 2. The van der Waals surface area contributed by atoms with E-state index in [4.69, 9.17) is 4.74 Å². The molecular weight excluding hydrogens is 614 g/mol. The van der Waals surface area contributed by atoms with Gasteiger partial charge in [0.25, 0.3) is 11.8 Å². The van der Waals surface area contributed by atoms with Crippen molar-refractivity contribution in [3.63, 3.8) is 0 Å². The van der Waals surface area contributed by atoms with Gasteiger partial charge < -0.3 is 20.7 Å². The molecule has 1 unspecified atom stereocenters. The summed E-state index contributed by atoms with van der Waals surface area (Å²) in [6, 6.07) is 30.5. The maximum absolute atomic E-state index is 13.5. The first kappa shape index (κ1) is 30.6. The second-order valence-electron chi connectivity index (χ2n) is 9.15. The van der Waals surface area contributed by atoms with Gasteiger partial charge in [0, 0.05) is 26.3 Å². The molecule has 0 radical (unpaired) electrons. The lowest BCUT2D eigenvalue weighted by Gasteiger charge is -2.16. The molecule has 0 aliphatic heterocycles. The van der Waals surface area contributed by atoms with Crippen LogP contribution in [0.1, 0.15) is 29.3 Å². The van der Waals surface area contributed by atoms with Gasteiger partial charge in [-0.2, -0.15) is 0 Å². The number of rotatable bonds is 11. The summed E-state index contributed by atoms with van der Waals surface area (Å²) < 4.78 is 6.23. The summed E-state index contributed by atoms with van der Waals surface area (Å²) in [5.74, 6) is -0.389. The molecule has 0 spiro atoms. The van der Waals surface area contributed by atoms with Crippen LogP contribution in [-0.4, -0.2) is 30.1 Å². The van der Waals surface area contributed by atoms with Gasteiger partial charge in [-0.3, -0.25) is 14.4 Å². The Bertz CT molecular complexity index is 1580. The van der Waals surface area contributed by atoms with Crippen LogP contribution in [-0.2, 0) is 9.59 Å². The van der Waals surface area contributed by atoms with Gasteiger partial charge in [-0.1, -0.05) is 59.3 Å². The summed E-state index contributed by atoms with van der Waals surface area (Å²) in [4.78, 5) is 40.2. The second kappa shape index (κ2) is 15.0. The minimum atomic E-state index is -0.496. The average molecular weight is 645 g/mol. The topological polar surface area (TPSA) is 96.5 Å². The molecule has 4 aromatic rings. The second-order valence-corrected chi connectivity index (χ2v) is 11.3. The molecule has 42 heavy (non-hydrogen) atoms. The molecular formula is C33H30BrN3O4S. The fourth-order valence-corrected chi connectivity index (χ4v) is 5.21. The van der Waals surface area contributed by atoms with Crippen molar-refractivity contribution in [3.05, 3.63) is 124 Å². The smallest absolute Gasteiger partial charge is 0.272 e. The Morgan fingerprint density at radius 3 is 2.31 bits per heavy atom. The lowest BCUT2D eigenvalue weighted by molar-refractivity contribution is -0.116. The Balaban J connectivity index is 1.51. The maximum atomic E-state index is 13.5. The van der Waals surface area contributed by atoms with Gasteiger partial charge in [-0.25, -0.2) is 0 Å². The Labute approximate surface area is 257 Å². The summed E-state index contributed by atoms with van der Waals surface area (Å²) in [6.45, 7) is 1.95. The Kier molecular flexibility index (Phi) is 11.0. The molecule has 0 aromatic heterocycles. The van der Waals surface area contributed by atoms with Crippen LogP contribution in [0.4, 0.5) is 11.4 Å². The Morgan fingerprint density at radius 2 is 1.60 bits per heavy atom. The van der Waals surface area contributed by atoms with Gasteiger partial charge in [0.2, 0.25) is 5.91 Å². The molecule has 1 atom stereocenters. The number of hydrogen-bond donors (Lipinski definition) is 3. The number of hydrogen-bond acceptors (Lipinski definition) is 5. The minimum Gasteiger partial charge on any atom is -0.497 e. The van der Waals surface area contributed by atoms with E-state index in [1.165, 1.54) is 11.8 Å². The molecule has 0 fully saturated rings. The zero-order chi connectivity index (χ0) is 29.9. The molecule has 0 aliphatic rings. The Morgan fingerprint density at radius 1 is 0.857 bits per heavy atom. The first-order valence-electron chi connectivity index (χ1n) is 13.2. The van der Waals surface area contributed by atoms with Crippen LogP contribution < -0.4 is 20.7 Å². The van der Waals surface area contributed by atoms with E-state index < -0.39 is 11.8 Å². The van der Waals surface area contributed by atoms with E-state index in [0.717, 1.165) is 15.1 Å². The number of halogens is 1. The highest BCUT2D eigenvalue weighted by Crippen LogP contribution is 2.29. The number of carbonyl (C=O) groups is 3. The van der Waals surface area contributed by atoms with E-state index in [1.807, 2.05) is 55.5 Å². The van der Waals surface area contributed by atoms with Crippen molar-refractivity contribution in [1.82, 2.24) is 5.32 Å². The molecule has 0 saturated heterocycles. The van der Waals surface area contributed by atoms with Gasteiger partial charge in [0.1, 0.15) is 11.4 Å². The molecule has 4 aromatic carbocycles. The number of benzene rings is 4. The van der Waals surface area contributed by atoms with Crippen molar-refractivity contribution >= 4 is 62.9 Å². The highest BCUT2D eigenvalue weighted by Gasteiger charge is 2.19. The lowest BCUT2D eigenvalue weighted by atomic mass is 10.1. The summed E-state index contributed by atoms with van der Waals surface area (Å²) in [5, 5.41) is 8.25. The third-order valence-corrected chi connectivity index (χ3v) is 7.97. The van der Waals surface area contributed by atoms with Crippen molar-refractivity contribution in [1.29, 1.82) is 0 Å². The molecule has 214 valence electrons. The van der Waals surface area contributed by atoms with E-state index in [1.54, 1.807) is 67.8 Å². The van der Waals surface area contributed by atoms with E-state index in [0.29, 0.717) is 29.0 Å². The van der Waals surface area contributed by atoms with Crippen LogP contribution >= 0.6 is 27.7 Å². The normalized spacial score (nSPS) is 11.7. The predicted molar refractivity (Wildman–Crippen MR) is 173 cm³/mol. The third-order valence-electron chi connectivity index (χ3n) is 6.08. The summed E-state index contributed by atoms with van der Waals surface area (Å²) in [5.41, 5.74) is 2.41. The van der Waals surface area contributed by atoms with Gasteiger partial charge in [0.15, 0.2) is 0 Å². The standard InChI is InChI=1S/C33H30BrN3O4S/c1-3-30(33(40)35-25-17-15-24(34)16-18-25)42-28-14-8-12-26(21-28)36-32(39)29(20-22-9-7-13-27(19-22)41-2)37-31(38)23-10-5-4-6-11-23/h4-21,30H,3H2,1-2H3,(H,35,40)(H,36,39)(H,37,38)/b29-20-. The zero-order valence-electron chi connectivity index (χ0n) is 23.1. The molecule has 7 nitrogen and oxygen atoms in total. The van der Waals surface area contributed by atoms with Crippen molar-refractivity contribution in [2.24, 2.45) is 0 Å². The first-order chi connectivity index (χ1) is 20.3. The molecule has 0 aliphatic carbocycles. The molecule has 3 amide bonds. The number of thioether (sulfide) groups is 1.